The fourth-order valence-electron chi connectivity index (χ4n) is 1.94. The molecule has 1 aromatic carbocycles. The van der Waals surface area contributed by atoms with Gasteiger partial charge in [0.25, 0.3) is 5.91 Å². The van der Waals surface area contributed by atoms with Gasteiger partial charge in [0.05, 0.1) is 0 Å². The van der Waals surface area contributed by atoms with Crippen LogP contribution in [0.25, 0.3) is 0 Å². The molecule has 0 bridgehead atoms. The summed E-state index contributed by atoms with van der Waals surface area (Å²) in [6.07, 6.45) is 1.06. The number of amides is 1. The molecule has 1 aliphatic heterocycles. The van der Waals surface area contributed by atoms with E-state index < -0.39 is 0 Å². The van der Waals surface area contributed by atoms with Crippen molar-refractivity contribution in [1.82, 2.24) is 4.90 Å². The Morgan fingerprint density at radius 1 is 1.53 bits per heavy atom. The van der Waals surface area contributed by atoms with E-state index in [0.29, 0.717) is 11.6 Å². The fraction of sp³-hybridized carbons (Fsp3) is 0.462. The summed E-state index contributed by atoms with van der Waals surface area (Å²) in [5, 5.41) is 9.62. The largest absolute Gasteiger partial charge is 0.508 e. The molecule has 0 aliphatic carbocycles. The lowest BCUT2D eigenvalue weighted by Crippen LogP contribution is -2.36. The first kappa shape index (κ1) is 12.3. The molecule has 0 spiro atoms. The van der Waals surface area contributed by atoms with Crippen molar-refractivity contribution in [3.05, 3.63) is 29.3 Å². The van der Waals surface area contributed by atoms with Gasteiger partial charge in [-0.1, -0.05) is 6.07 Å². The second-order valence-electron chi connectivity index (χ2n) is 4.43. The topological polar surface area (TPSA) is 40.5 Å². The highest BCUT2D eigenvalue weighted by Crippen LogP contribution is 2.24. The molecule has 92 valence electrons. The Labute approximate surface area is 106 Å². The van der Waals surface area contributed by atoms with Crippen LogP contribution < -0.4 is 0 Å². The van der Waals surface area contributed by atoms with Gasteiger partial charge in [0.2, 0.25) is 0 Å². The molecular weight excluding hydrogens is 234 g/mol. The first-order chi connectivity index (χ1) is 8.09. The summed E-state index contributed by atoms with van der Waals surface area (Å²) in [6.45, 7) is 1.82. The van der Waals surface area contributed by atoms with Crippen molar-refractivity contribution in [2.75, 3.05) is 18.6 Å². The molecule has 0 aromatic heterocycles. The number of thioether (sulfide) groups is 1. The van der Waals surface area contributed by atoms with Crippen LogP contribution in [0.15, 0.2) is 18.2 Å². The minimum Gasteiger partial charge on any atom is -0.508 e. The first-order valence-corrected chi connectivity index (χ1v) is 6.89. The van der Waals surface area contributed by atoms with Crippen molar-refractivity contribution in [2.45, 2.75) is 19.4 Å². The Hall–Kier alpha value is -1.16. The molecule has 1 aromatic rings. The minimum absolute atomic E-state index is 0.00667. The summed E-state index contributed by atoms with van der Waals surface area (Å²) < 4.78 is 0. The van der Waals surface area contributed by atoms with Crippen molar-refractivity contribution < 1.29 is 9.90 Å². The number of aromatic hydroxyl groups is 1. The summed E-state index contributed by atoms with van der Waals surface area (Å²) in [5.41, 5.74) is 1.35. The van der Waals surface area contributed by atoms with Gasteiger partial charge in [-0.3, -0.25) is 4.79 Å². The molecule has 1 atom stereocenters. The van der Waals surface area contributed by atoms with Crippen molar-refractivity contribution in [1.29, 1.82) is 0 Å². The number of hydrogen-bond donors (Lipinski definition) is 1. The van der Waals surface area contributed by atoms with Gasteiger partial charge in [0.1, 0.15) is 5.75 Å². The number of phenols is 1. The second kappa shape index (κ2) is 5.00. The zero-order valence-electron chi connectivity index (χ0n) is 10.1. The van der Waals surface area contributed by atoms with Crippen LogP contribution in [0.5, 0.6) is 5.75 Å². The van der Waals surface area contributed by atoms with Crippen LogP contribution in [-0.2, 0) is 0 Å². The van der Waals surface area contributed by atoms with Crippen molar-refractivity contribution in [2.24, 2.45) is 0 Å². The number of phenolic OH excluding ortho intramolecular Hbond substituents is 1. The summed E-state index contributed by atoms with van der Waals surface area (Å²) in [5.74, 6) is 2.32. The molecule has 4 heteroatoms. The average Bonchev–Trinajstić information content (AvgIpc) is 2.84. The molecule has 17 heavy (non-hydrogen) atoms. The summed E-state index contributed by atoms with van der Waals surface area (Å²) in [4.78, 5) is 14.0. The highest BCUT2D eigenvalue weighted by molar-refractivity contribution is 7.99. The van der Waals surface area contributed by atoms with Crippen LogP contribution >= 0.6 is 11.8 Å². The third-order valence-electron chi connectivity index (χ3n) is 3.23. The van der Waals surface area contributed by atoms with Gasteiger partial charge in [0, 0.05) is 24.4 Å². The molecule has 1 amide bonds. The van der Waals surface area contributed by atoms with Crippen molar-refractivity contribution in [3.8, 4) is 5.75 Å². The Bertz CT molecular complexity index is 427. The zero-order valence-corrected chi connectivity index (χ0v) is 11.0. The fourth-order valence-corrected chi connectivity index (χ4v) is 3.21. The number of aryl methyl sites for hydroxylation is 1. The summed E-state index contributed by atoms with van der Waals surface area (Å²) in [6, 6.07) is 5.43. The van der Waals surface area contributed by atoms with Gasteiger partial charge in [-0.15, -0.1) is 0 Å². The monoisotopic (exact) mass is 251 g/mol. The van der Waals surface area contributed by atoms with Crippen LogP contribution in [0, 0.1) is 6.92 Å². The smallest absolute Gasteiger partial charge is 0.254 e. The standard InChI is InChI=1S/C13H17NO2S/c1-9-3-4-10(7-12(9)15)13(16)14(2)11-5-6-17-8-11/h3-4,7,11,15H,5-6,8H2,1-2H3. The third-order valence-corrected chi connectivity index (χ3v) is 4.37. The summed E-state index contributed by atoms with van der Waals surface area (Å²) in [7, 11) is 1.84. The van der Waals surface area contributed by atoms with E-state index in [1.807, 2.05) is 25.7 Å². The molecule has 0 radical (unpaired) electrons. The number of carbonyl (C=O) groups is 1. The van der Waals surface area contributed by atoms with Gasteiger partial charge in [-0.05, 0) is 36.8 Å². The molecule has 0 saturated carbocycles. The SMILES string of the molecule is Cc1ccc(C(=O)N(C)C2CCSC2)cc1O. The number of hydrogen-bond acceptors (Lipinski definition) is 3. The molecule has 1 saturated heterocycles. The molecule has 1 heterocycles. The molecule has 1 unspecified atom stereocenters. The molecule has 1 N–H and O–H groups in total. The number of nitrogens with zero attached hydrogens (tertiary/aromatic N) is 1. The Balaban J connectivity index is 2.15. The normalized spacial score (nSPS) is 19.3. The zero-order chi connectivity index (χ0) is 12.4. The number of carbonyl (C=O) groups excluding carboxylic acids is 1. The predicted octanol–water partition coefficient (Wildman–Crippen LogP) is 2.28. The highest BCUT2D eigenvalue weighted by Gasteiger charge is 2.24. The van der Waals surface area contributed by atoms with Gasteiger partial charge >= 0.3 is 0 Å². The van der Waals surface area contributed by atoms with Crippen LogP contribution in [-0.4, -0.2) is 40.5 Å². The van der Waals surface area contributed by atoms with Crippen LogP contribution in [0.3, 0.4) is 0 Å². The van der Waals surface area contributed by atoms with Gasteiger partial charge in [0.15, 0.2) is 0 Å². The van der Waals surface area contributed by atoms with E-state index in [-0.39, 0.29) is 11.7 Å². The third kappa shape index (κ3) is 2.57. The molecule has 3 nitrogen and oxygen atoms in total. The van der Waals surface area contributed by atoms with Gasteiger partial charge < -0.3 is 10.0 Å². The lowest BCUT2D eigenvalue weighted by atomic mass is 10.1. The molecule has 1 fully saturated rings. The van der Waals surface area contributed by atoms with E-state index in [2.05, 4.69) is 0 Å². The first-order valence-electron chi connectivity index (χ1n) is 5.74. The lowest BCUT2D eigenvalue weighted by molar-refractivity contribution is 0.0747. The quantitative estimate of drug-likeness (QED) is 0.876. The highest BCUT2D eigenvalue weighted by atomic mass is 32.2. The summed E-state index contributed by atoms with van der Waals surface area (Å²) >= 11 is 1.89. The maximum absolute atomic E-state index is 12.2. The van der Waals surface area contributed by atoms with Crippen LogP contribution in [0.1, 0.15) is 22.3 Å². The maximum Gasteiger partial charge on any atom is 0.254 e. The average molecular weight is 251 g/mol. The van der Waals surface area contributed by atoms with E-state index in [4.69, 9.17) is 0 Å². The van der Waals surface area contributed by atoms with Gasteiger partial charge in [-0.25, -0.2) is 0 Å². The number of rotatable bonds is 2. The number of benzene rings is 1. The Kier molecular flexibility index (Phi) is 3.62. The molecule has 2 rings (SSSR count). The van der Waals surface area contributed by atoms with Gasteiger partial charge in [-0.2, -0.15) is 11.8 Å². The second-order valence-corrected chi connectivity index (χ2v) is 5.58. The minimum atomic E-state index is -0.00667. The van der Waals surface area contributed by atoms with Crippen LogP contribution in [0.2, 0.25) is 0 Å². The maximum atomic E-state index is 12.2. The van der Waals surface area contributed by atoms with Crippen molar-refractivity contribution in [3.63, 3.8) is 0 Å². The predicted molar refractivity (Wildman–Crippen MR) is 70.7 cm³/mol. The molecular formula is C13H17NO2S. The van der Waals surface area contributed by atoms with E-state index in [1.165, 1.54) is 0 Å². The van der Waals surface area contributed by atoms with Crippen molar-refractivity contribution >= 4 is 17.7 Å². The van der Waals surface area contributed by atoms with E-state index in [0.717, 1.165) is 23.5 Å². The Morgan fingerprint density at radius 3 is 2.88 bits per heavy atom. The van der Waals surface area contributed by atoms with E-state index in [9.17, 15) is 9.90 Å². The van der Waals surface area contributed by atoms with Crippen LogP contribution in [0.4, 0.5) is 0 Å². The van der Waals surface area contributed by atoms with E-state index in [1.54, 1.807) is 23.1 Å². The molecule has 1 aliphatic rings. The lowest BCUT2D eigenvalue weighted by Gasteiger charge is -2.24. The van der Waals surface area contributed by atoms with E-state index >= 15 is 0 Å². The Morgan fingerprint density at radius 2 is 2.29 bits per heavy atom.